The van der Waals surface area contributed by atoms with E-state index in [-0.39, 0.29) is 6.54 Å². The first-order valence-corrected chi connectivity index (χ1v) is 10.1. The van der Waals surface area contributed by atoms with Gasteiger partial charge in [-0.25, -0.2) is 0 Å². The second-order valence-electron chi connectivity index (χ2n) is 6.94. The average Bonchev–Trinajstić information content (AvgIpc) is 2.76. The molecule has 0 aliphatic carbocycles. The zero-order chi connectivity index (χ0) is 21.1. The first-order valence-electron chi connectivity index (χ1n) is 9.76. The molecule has 5 nitrogen and oxygen atoms in total. The molecule has 0 amide bonds. The molecule has 30 heavy (non-hydrogen) atoms. The molecule has 3 aromatic carbocycles. The van der Waals surface area contributed by atoms with Crippen LogP contribution in [-0.4, -0.2) is 15.7 Å². The Morgan fingerprint density at radius 3 is 2.20 bits per heavy atom. The number of aromatic nitrogens is 2. The summed E-state index contributed by atoms with van der Waals surface area (Å²) < 4.78 is 8.68. The largest absolute Gasteiger partial charge is 0.494 e. The molecule has 0 unspecified atom stereocenters. The Morgan fingerprint density at radius 1 is 0.800 bits per heavy atom. The van der Waals surface area contributed by atoms with Crippen molar-refractivity contribution in [3.63, 3.8) is 0 Å². The van der Waals surface area contributed by atoms with E-state index in [4.69, 9.17) is 16.3 Å². The number of fused-ring (bicyclic) bond motifs is 1. The topological polar surface area (TPSA) is 53.2 Å². The molecule has 0 N–H and O–H groups in total. The molecule has 0 bridgehead atoms. The van der Waals surface area contributed by atoms with Crippen LogP contribution in [0.4, 0.5) is 0 Å². The Morgan fingerprint density at radius 2 is 1.47 bits per heavy atom. The molecule has 0 fully saturated rings. The molecule has 0 aliphatic heterocycles. The highest BCUT2D eigenvalue weighted by Crippen LogP contribution is 2.22. The normalized spacial score (nSPS) is 11.0. The predicted molar refractivity (Wildman–Crippen MR) is 120 cm³/mol. The molecule has 4 rings (SSSR count). The molecule has 0 aliphatic rings. The van der Waals surface area contributed by atoms with E-state index in [1.165, 1.54) is 9.13 Å². The van der Waals surface area contributed by atoms with E-state index in [2.05, 4.69) is 0 Å². The number of rotatable bonds is 6. The van der Waals surface area contributed by atoms with Gasteiger partial charge in [0.1, 0.15) is 5.75 Å². The van der Waals surface area contributed by atoms with Gasteiger partial charge in [-0.1, -0.05) is 60.1 Å². The van der Waals surface area contributed by atoms with E-state index in [1.807, 2.05) is 61.5 Å². The van der Waals surface area contributed by atoms with Crippen molar-refractivity contribution in [1.82, 2.24) is 9.13 Å². The summed E-state index contributed by atoms with van der Waals surface area (Å²) in [6, 6.07) is 22.3. The van der Waals surface area contributed by atoms with Gasteiger partial charge in [-0.3, -0.25) is 18.7 Å². The number of nitrogens with zero attached hydrogens (tertiary/aromatic N) is 2. The second-order valence-corrected chi connectivity index (χ2v) is 7.38. The summed E-state index contributed by atoms with van der Waals surface area (Å²) >= 11 is 6.25. The van der Waals surface area contributed by atoms with Crippen LogP contribution in [0, 0.1) is 0 Å². The standard InChI is InChI=1S/C24H21ClN2O3/c1-2-30-22-11-7-6-10-18(22)16-27-21-14-19(25)12-13-20(21)26(23(28)24(27)29)15-17-8-4-3-5-9-17/h3-14H,2,15-16H2,1H3. The van der Waals surface area contributed by atoms with Crippen molar-refractivity contribution in [2.24, 2.45) is 0 Å². The quantitative estimate of drug-likeness (QED) is 0.437. The molecule has 0 atom stereocenters. The van der Waals surface area contributed by atoms with E-state index >= 15 is 0 Å². The fourth-order valence-corrected chi connectivity index (χ4v) is 3.74. The van der Waals surface area contributed by atoms with Gasteiger partial charge >= 0.3 is 11.1 Å². The van der Waals surface area contributed by atoms with Gasteiger partial charge < -0.3 is 4.74 Å². The van der Waals surface area contributed by atoms with E-state index in [1.54, 1.807) is 18.2 Å². The van der Waals surface area contributed by atoms with Crippen LogP contribution in [0.1, 0.15) is 18.1 Å². The molecular formula is C24H21ClN2O3. The van der Waals surface area contributed by atoms with Gasteiger partial charge in [0, 0.05) is 10.6 Å². The van der Waals surface area contributed by atoms with Gasteiger partial charge in [-0.15, -0.1) is 0 Å². The smallest absolute Gasteiger partial charge is 0.317 e. The van der Waals surface area contributed by atoms with Gasteiger partial charge in [-0.05, 0) is 36.8 Å². The van der Waals surface area contributed by atoms with E-state index in [0.29, 0.717) is 35.0 Å². The Kier molecular flexibility index (Phi) is 5.72. The number of para-hydroxylation sites is 1. The van der Waals surface area contributed by atoms with Gasteiger partial charge in [-0.2, -0.15) is 0 Å². The van der Waals surface area contributed by atoms with Crippen molar-refractivity contribution in [2.45, 2.75) is 20.0 Å². The lowest BCUT2D eigenvalue weighted by Gasteiger charge is -2.17. The molecule has 0 radical (unpaired) electrons. The summed E-state index contributed by atoms with van der Waals surface area (Å²) in [5.41, 5.74) is 1.86. The van der Waals surface area contributed by atoms with Crippen molar-refractivity contribution in [3.05, 3.63) is 110 Å². The highest BCUT2D eigenvalue weighted by Gasteiger charge is 2.15. The van der Waals surface area contributed by atoms with Crippen LogP contribution in [0.25, 0.3) is 11.0 Å². The fourth-order valence-electron chi connectivity index (χ4n) is 3.57. The molecule has 152 valence electrons. The molecule has 1 heterocycles. The van der Waals surface area contributed by atoms with Crippen LogP contribution >= 0.6 is 11.6 Å². The third kappa shape index (κ3) is 3.89. The number of hydrogen-bond acceptors (Lipinski definition) is 3. The van der Waals surface area contributed by atoms with Crippen LogP contribution < -0.4 is 15.9 Å². The molecule has 6 heteroatoms. The summed E-state index contributed by atoms with van der Waals surface area (Å²) in [4.78, 5) is 26.2. The summed E-state index contributed by atoms with van der Waals surface area (Å²) in [5.74, 6) is 0.690. The van der Waals surface area contributed by atoms with Crippen LogP contribution in [-0.2, 0) is 13.1 Å². The van der Waals surface area contributed by atoms with Crippen molar-refractivity contribution < 1.29 is 4.74 Å². The second kappa shape index (κ2) is 8.59. The Hall–Kier alpha value is -3.31. The average molecular weight is 421 g/mol. The third-order valence-electron chi connectivity index (χ3n) is 4.98. The van der Waals surface area contributed by atoms with Crippen molar-refractivity contribution in [2.75, 3.05) is 6.61 Å². The lowest BCUT2D eigenvalue weighted by molar-refractivity contribution is 0.336. The first kappa shape index (κ1) is 20.0. The maximum absolute atomic E-state index is 13.1. The van der Waals surface area contributed by atoms with Crippen molar-refractivity contribution >= 4 is 22.6 Å². The first-order chi connectivity index (χ1) is 14.6. The van der Waals surface area contributed by atoms with Crippen molar-refractivity contribution in [3.8, 4) is 5.75 Å². The summed E-state index contributed by atoms with van der Waals surface area (Å²) in [7, 11) is 0. The highest BCUT2D eigenvalue weighted by molar-refractivity contribution is 6.31. The minimum Gasteiger partial charge on any atom is -0.494 e. The maximum atomic E-state index is 13.1. The Bertz CT molecular complexity index is 1310. The van der Waals surface area contributed by atoms with Gasteiger partial charge in [0.15, 0.2) is 0 Å². The number of halogens is 1. The van der Waals surface area contributed by atoms with Crippen LogP contribution in [0.15, 0.2) is 82.4 Å². The third-order valence-corrected chi connectivity index (χ3v) is 5.21. The van der Waals surface area contributed by atoms with Gasteiger partial charge in [0.05, 0.1) is 30.7 Å². The predicted octanol–water partition coefficient (Wildman–Crippen LogP) is 4.31. The summed E-state index contributed by atoms with van der Waals surface area (Å²) in [5, 5.41) is 0.499. The van der Waals surface area contributed by atoms with Crippen LogP contribution in [0.5, 0.6) is 5.75 Å². The van der Waals surface area contributed by atoms with E-state index in [0.717, 1.165) is 11.1 Å². The molecule has 4 aromatic rings. The SMILES string of the molecule is CCOc1ccccc1Cn1c(=O)c(=O)n(Cc2ccccc2)c2ccc(Cl)cc21. The minimum atomic E-state index is -0.591. The number of ether oxygens (including phenoxy) is 1. The zero-order valence-electron chi connectivity index (χ0n) is 16.5. The molecule has 1 aromatic heterocycles. The zero-order valence-corrected chi connectivity index (χ0v) is 17.3. The van der Waals surface area contributed by atoms with Crippen LogP contribution in [0.3, 0.4) is 0 Å². The Balaban J connectivity index is 1.91. The number of hydrogen-bond donors (Lipinski definition) is 0. The number of benzene rings is 3. The lowest BCUT2D eigenvalue weighted by Crippen LogP contribution is -2.42. The lowest BCUT2D eigenvalue weighted by atomic mass is 10.1. The summed E-state index contributed by atoms with van der Waals surface area (Å²) in [6.07, 6.45) is 0. The van der Waals surface area contributed by atoms with Crippen molar-refractivity contribution in [1.29, 1.82) is 0 Å². The summed E-state index contributed by atoms with van der Waals surface area (Å²) in [6.45, 7) is 2.94. The van der Waals surface area contributed by atoms with Crippen LogP contribution in [0.2, 0.25) is 5.02 Å². The Labute approximate surface area is 178 Å². The van der Waals surface area contributed by atoms with E-state index in [9.17, 15) is 9.59 Å². The highest BCUT2D eigenvalue weighted by atomic mass is 35.5. The van der Waals surface area contributed by atoms with Gasteiger partial charge in [0.2, 0.25) is 0 Å². The fraction of sp³-hybridized carbons (Fsp3) is 0.167. The minimum absolute atomic E-state index is 0.216. The monoisotopic (exact) mass is 420 g/mol. The molecular weight excluding hydrogens is 400 g/mol. The molecule has 0 saturated carbocycles. The van der Waals surface area contributed by atoms with Gasteiger partial charge in [0.25, 0.3) is 0 Å². The van der Waals surface area contributed by atoms with E-state index < -0.39 is 11.1 Å². The maximum Gasteiger partial charge on any atom is 0.317 e. The molecule has 0 spiro atoms. The molecule has 0 saturated heterocycles.